The lowest BCUT2D eigenvalue weighted by atomic mass is 9.96. The van der Waals surface area contributed by atoms with Crippen LogP contribution in [0.25, 0.3) is 0 Å². The predicted molar refractivity (Wildman–Crippen MR) is 67.0 cm³/mol. The van der Waals surface area contributed by atoms with Gasteiger partial charge in [-0.15, -0.1) is 0 Å². The number of hydrogen-bond donors (Lipinski definition) is 1. The minimum Gasteiger partial charge on any atom is -0.494 e. The van der Waals surface area contributed by atoms with Crippen LogP contribution in [0.1, 0.15) is 30.4 Å². The molecule has 0 saturated carbocycles. The molecule has 0 aliphatic carbocycles. The van der Waals surface area contributed by atoms with Crippen molar-refractivity contribution in [3.05, 3.63) is 29.1 Å². The van der Waals surface area contributed by atoms with E-state index in [0.717, 1.165) is 30.5 Å². The van der Waals surface area contributed by atoms with E-state index in [-0.39, 0.29) is 5.82 Å². The van der Waals surface area contributed by atoms with Crippen LogP contribution < -0.4 is 10.1 Å². The quantitative estimate of drug-likeness (QED) is 0.872. The zero-order chi connectivity index (χ0) is 12.3. The number of aryl methyl sites for hydroxylation is 1. The third-order valence-corrected chi connectivity index (χ3v) is 3.36. The summed E-state index contributed by atoms with van der Waals surface area (Å²) < 4.78 is 19.1. The number of hydrogen-bond acceptors (Lipinski definition) is 2. The zero-order valence-corrected chi connectivity index (χ0v) is 10.6. The van der Waals surface area contributed by atoms with Crippen molar-refractivity contribution in [3.8, 4) is 5.75 Å². The van der Waals surface area contributed by atoms with Gasteiger partial charge in [-0.1, -0.05) is 12.5 Å². The first kappa shape index (κ1) is 12.4. The summed E-state index contributed by atoms with van der Waals surface area (Å²) in [6.45, 7) is 3.02. The molecule has 2 nitrogen and oxygen atoms in total. The Balaban J connectivity index is 2.16. The first-order valence-electron chi connectivity index (χ1n) is 6.27. The highest BCUT2D eigenvalue weighted by Gasteiger charge is 2.17. The van der Waals surface area contributed by atoms with E-state index in [1.54, 1.807) is 6.07 Å². The molecule has 0 spiro atoms. The number of piperidine rings is 1. The van der Waals surface area contributed by atoms with Gasteiger partial charge in [0.05, 0.1) is 7.11 Å². The summed E-state index contributed by atoms with van der Waals surface area (Å²) in [5.74, 6) is 0.154. The van der Waals surface area contributed by atoms with Gasteiger partial charge >= 0.3 is 0 Å². The van der Waals surface area contributed by atoms with E-state index in [9.17, 15) is 4.39 Å². The van der Waals surface area contributed by atoms with Crippen LogP contribution in [0.5, 0.6) is 5.75 Å². The average molecular weight is 237 g/mol. The summed E-state index contributed by atoms with van der Waals surface area (Å²) in [7, 11) is 1.51. The van der Waals surface area contributed by atoms with Crippen molar-refractivity contribution in [2.24, 2.45) is 0 Å². The number of methoxy groups -OCH3 is 1. The smallest absolute Gasteiger partial charge is 0.168 e. The molecule has 1 saturated heterocycles. The van der Waals surface area contributed by atoms with Gasteiger partial charge in [-0.2, -0.15) is 0 Å². The second-order valence-corrected chi connectivity index (χ2v) is 4.79. The summed E-state index contributed by atoms with van der Waals surface area (Å²) in [4.78, 5) is 0. The van der Waals surface area contributed by atoms with Gasteiger partial charge in [0, 0.05) is 6.04 Å². The second-order valence-electron chi connectivity index (χ2n) is 4.79. The molecule has 1 heterocycles. The highest BCUT2D eigenvalue weighted by atomic mass is 19.1. The Kier molecular flexibility index (Phi) is 4.00. The fourth-order valence-electron chi connectivity index (χ4n) is 2.47. The maximum Gasteiger partial charge on any atom is 0.168 e. The molecule has 1 aliphatic rings. The van der Waals surface area contributed by atoms with Crippen molar-refractivity contribution >= 4 is 0 Å². The van der Waals surface area contributed by atoms with Crippen LogP contribution in [0.15, 0.2) is 12.1 Å². The Morgan fingerprint density at radius 3 is 2.88 bits per heavy atom. The Morgan fingerprint density at radius 1 is 1.41 bits per heavy atom. The van der Waals surface area contributed by atoms with Crippen LogP contribution in [0.4, 0.5) is 4.39 Å². The Morgan fingerprint density at radius 2 is 2.24 bits per heavy atom. The van der Waals surface area contributed by atoms with Crippen molar-refractivity contribution in [1.29, 1.82) is 0 Å². The van der Waals surface area contributed by atoms with Crippen LogP contribution in [0, 0.1) is 12.7 Å². The lowest BCUT2D eigenvalue weighted by Crippen LogP contribution is -2.35. The normalized spacial score (nSPS) is 20.3. The summed E-state index contributed by atoms with van der Waals surface area (Å²) in [6.07, 6.45) is 4.36. The van der Waals surface area contributed by atoms with E-state index in [0.29, 0.717) is 11.8 Å². The molecule has 1 aromatic carbocycles. The topological polar surface area (TPSA) is 21.3 Å². The minimum absolute atomic E-state index is 0.203. The van der Waals surface area contributed by atoms with Crippen LogP contribution in [0.2, 0.25) is 0 Å². The molecule has 1 aliphatic heterocycles. The van der Waals surface area contributed by atoms with E-state index in [1.807, 2.05) is 13.0 Å². The van der Waals surface area contributed by atoms with Crippen molar-refractivity contribution < 1.29 is 9.13 Å². The Hall–Kier alpha value is -1.09. The molecular formula is C14H20FNO. The van der Waals surface area contributed by atoms with Gasteiger partial charge in [-0.05, 0) is 49.9 Å². The molecule has 0 radical (unpaired) electrons. The molecule has 0 aromatic heterocycles. The number of halogens is 1. The monoisotopic (exact) mass is 237 g/mol. The van der Waals surface area contributed by atoms with Gasteiger partial charge in [0.25, 0.3) is 0 Å². The predicted octanol–water partition coefficient (Wildman–Crippen LogP) is 2.83. The standard InChI is InChI=1S/C14H20FNO/c1-10-7-11(14(15)13(8-10)17-2)9-12-5-3-4-6-16-12/h7-8,12,16H,3-6,9H2,1-2H3. The molecule has 0 amide bonds. The van der Waals surface area contributed by atoms with E-state index >= 15 is 0 Å². The molecule has 17 heavy (non-hydrogen) atoms. The number of benzene rings is 1. The first-order chi connectivity index (χ1) is 8.20. The molecule has 1 atom stereocenters. The molecule has 2 rings (SSSR count). The molecule has 1 fully saturated rings. The molecule has 0 bridgehead atoms. The van der Waals surface area contributed by atoms with Crippen LogP contribution in [-0.2, 0) is 6.42 Å². The number of rotatable bonds is 3. The van der Waals surface area contributed by atoms with Crippen molar-refractivity contribution in [3.63, 3.8) is 0 Å². The lowest BCUT2D eigenvalue weighted by Gasteiger charge is -2.24. The van der Waals surface area contributed by atoms with Crippen molar-refractivity contribution in [2.45, 2.75) is 38.6 Å². The molecule has 94 valence electrons. The van der Waals surface area contributed by atoms with E-state index in [4.69, 9.17) is 4.74 Å². The van der Waals surface area contributed by atoms with Gasteiger partial charge in [0.15, 0.2) is 11.6 Å². The summed E-state index contributed by atoms with van der Waals surface area (Å²) >= 11 is 0. The molecule has 1 aromatic rings. The van der Waals surface area contributed by atoms with Crippen molar-refractivity contribution in [1.82, 2.24) is 5.32 Å². The maximum absolute atomic E-state index is 14.1. The highest BCUT2D eigenvalue weighted by molar-refractivity contribution is 5.36. The molecular weight excluding hydrogens is 217 g/mol. The Labute approximate surface area is 102 Å². The molecule has 3 heteroatoms. The molecule has 1 unspecified atom stereocenters. The minimum atomic E-state index is -0.203. The fraction of sp³-hybridized carbons (Fsp3) is 0.571. The summed E-state index contributed by atoms with van der Waals surface area (Å²) in [6, 6.07) is 4.08. The fourth-order valence-corrected chi connectivity index (χ4v) is 2.47. The maximum atomic E-state index is 14.1. The number of nitrogens with one attached hydrogen (secondary N) is 1. The first-order valence-corrected chi connectivity index (χ1v) is 6.27. The second kappa shape index (κ2) is 5.50. The van der Waals surface area contributed by atoms with Crippen LogP contribution >= 0.6 is 0 Å². The third kappa shape index (κ3) is 2.97. The van der Waals surface area contributed by atoms with Gasteiger partial charge in [-0.25, -0.2) is 4.39 Å². The zero-order valence-electron chi connectivity index (χ0n) is 10.6. The average Bonchev–Trinajstić information content (AvgIpc) is 2.34. The Bertz CT molecular complexity index is 386. The summed E-state index contributed by atoms with van der Waals surface area (Å²) in [5.41, 5.74) is 1.82. The van der Waals surface area contributed by atoms with E-state index < -0.39 is 0 Å². The lowest BCUT2D eigenvalue weighted by molar-refractivity contribution is 0.373. The molecule has 1 N–H and O–H groups in total. The van der Waals surface area contributed by atoms with E-state index in [2.05, 4.69) is 5.32 Å². The van der Waals surface area contributed by atoms with Gasteiger partial charge in [0.2, 0.25) is 0 Å². The summed E-state index contributed by atoms with van der Waals surface area (Å²) in [5, 5.41) is 3.44. The van der Waals surface area contributed by atoms with Crippen molar-refractivity contribution in [2.75, 3.05) is 13.7 Å². The number of ether oxygens (including phenoxy) is 1. The third-order valence-electron chi connectivity index (χ3n) is 3.36. The largest absolute Gasteiger partial charge is 0.494 e. The SMILES string of the molecule is COc1cc(C)cc(CC2CCCCN2)c1F. The highest BCUT2D eigenvalue weighted by Crippen LogP contribution is 2.24. The van der Waals surface area contributed by atoms with Crippen LogP contribution in [-0.4, -0.2) is 19.7 Å². The van der Waals surface area contributed by atoms with Gasteiger partial charge < -0.3 is 10.1 Å². The van der Waals surface area contributed by atoms with Crippen LogP contribution in [0.3, 0.4) is 0 Å². The van der Waals surface area contributed by atoms with Gasteiger partial charge in [0.1, 0.15) is 0 Å². The van der Waals surface area contributed by atoms with E-state index in [1.165, 1.54) is 20.0 Å². The van der Waals surface area contributed by atoms with Gasteiger partial charge in [-0.3, -0.25) is 0 Å².